The third kappa shape index (κ3) is 6.58. The number of aliphatic hydroxyl groups is 1. The molecule has 3 rings (SSSR count). The van der Waals surface area contributed by atoms with Gasteiger partial charge >= 0.3 is 0 Å². The Kier molecular flexibility index (Phi) is 8.13. The van der Waals surface area contributed by atoms with Crippen molar-refractivity contribution in [3.8, 4) is 17.6 Å². The molecular formula is C22H34N4O3. The van der Waals surface area contributed by atoms with E-state index in [1.165, 1.54) is 0 Å². The van der Waals surface area contributed by atoms with E-state index in [-0.39, 0.29) is 12.5 Å². The molecular weight excluding hydrogens is 368 g/mol. The van der Waals surface area contributed by atoms with Crippen molar-refractivity contribution < 1.29 is 14.6 Å². The van der Waals surface area contributed by atoms with Gasteiger partial charge in [0.1, 0.15) is 24.2 Å². The molecule has 160 valence electrons. The fourth-order valence-corrected chi connectivity index (χ4v) is 3.96. The van der Waals surface area contributed by atoms with Crippen molar-refractivity contribution in [2.45, 2.75) is 25.5 Å². The van der Waals surface area contributed by atoms with Gasteiger partial charge in [-0.3, -0.25) is 9.80 Å². The second-order valence-corrected chi connectivity index (χ2v) is 8.22. The molecule has 0 amide bonds. The molecule has 29 heavy (non-hydrogen) atoms. The van der Waals surface area contributed by atoms with Crippen LogP contribution in [0.1, 0.15) is 18.4 Å². The number of benzene rings is 1. The number of β-amino-alcohol motifs (C(OH)–C–C–N with tert-alkyl or cyclic N) is 1. The molecule has 1 N–H and O–H groups in total. The van der Waals surface area contributed by atoms with Crippen molar-refractivity contribution in [1.29, 1.82) is 5.26 Å². The quantitative estimate of drug-likeness (QED) is 0.705. The Morgan fingerprint density at radius 1 is 1.14 bits per heavy atom. The summed E-state index contributed by atoms with van der Waals surface area (Å²) in [6.45, 7) is 7.58. The van der Waals surface area contributed by atoms with Gasteiger partial charge in [0.25, 0.3) is 0 Å². The Morgan fingerprint density at radius 3 is 2.52 bits per heavy atom. The number of piperidine rings is 1. The molecule has 2 saturated heterocycles. The molecule has 1 aromatic rings. The smallest absolute Gasteiger partial charge is 0.127 e. The number of hydrogen-bond donors (Lipinski definition) is 1. The standard InChI is InChI=1S/C22H34N4O3/c1-24-9-11-26(12-10-24)16-20(27)17-29-22-13-21(28-2)4-3-19(22)15-25-7-5-18(14-23)6-8-25/h3-4,13,18,20,27H,5-12,15-17H2,1-2H3. The predicted octanol–water partition coefficient (Wildman–Crippen LogP) is 1.42. The van der Waals surface area contributed by atoms with Gasteiger partial charge in [-0.05, 0) is 39.0 Å². The van der Waals surface area contributed by atoms with Gasteiger partial charge < -0.3 is 19.5 Å². The lowest BCUT2D eigenvalue weighted by atomic mass is 9.98. The fourth-order valence-electron chi connectivity index (χ4n) is 3.96. The second-order valence-electron chi connectivity index (χ2n) is 8.22. The maximum Gasteiger partial charge on any atom is 0.127 e. The van der Waals surface area contributed by atoms with Gasteiger partial charge in [-0.1, -0.05) is 6.07 Å². The van der Waals surface area contributed by atoms with Crippen molar-refractivity contribution in [3.05, 3.63) is 23.8 Å². The van der Waals surface area contributed by atoms with Crippen LogP contribution in [-0.4, -0.2) is 92.5 Å². The maximum atomic E-state index is 10.5. The molecule has 7 heteroatoms. The number of hydrogen-bond acceptors (Lipinski definition) is 7. The van der Waals surface area contributed by atoms with Crippen LogP contribution >= 0.6 is 0 Å². The fraction of sp³-hybridized carbons (Fsp3) is 0.682. The van der Waals surface area contributed by atoms with Crippen LogP contribution in [0.3, 0.4) is 0 Å². The minimum Gasteiger partial charge on any atom is -0.497 e. The molecule has 0 saturated carbocycles. The van der Waals surface area contributed by atoms with Crippen molar-refractivity contribution in [2.75, 3.05) is 66.6 Å². The summed E-state index contributed by atoms with van der Waals surface area (Å²) in [7, 11) is 3.78. The van der Waals surface area contributed by atoms with E-state index in [1.807, 2.05) is 18.2 Å². The molecule has 1 unspecified atom stereocenters. The van der Waals surface area contributed by atoms with E-state index in [0.29, 0.717) is 6.54 Å². The highest BCUT2D eigenvalue weighted by Crippen LogP contribution is 2.28. The molecule has 0 spiro atoms. The first-order chi connectivity index (χ1) is 14.1. The zero-order valence-electron chi connectivity index (χ0n) is 17.7. The molecule has 0 aliphatic carbocycles. The third-order valence-electron chi connectivity index (χ3n) is 5.93. The number of likely N-dealkylation sites (N-methyl/N-ethyl adjacent to an activating group) is 1. The SMILES string of the molecule is COc1ccc(CN2CCC(C#N)CC2)c(OCC(O)CN2CCN(C)CC2)c1. The van der Waals surface area contributed by atoms with Gasteiger partial charge in [0.05, 0.1) is 13.2 Å². The first kappa shape index (κ1) is 21.8. The zero-order chi connectivity index (χ0) is 20.6. The van der Waals surface area contributed by atoms with Crippen molar-refractivity contribution in [1.82, 2.24) is 14.7 Å². The monoisotopic (exact) mass is 402 g/mol. The molecule has 1 aromatic carbocycles. The number of rotatable bonds is 8. The first-order valence-electron chi connectivity index (χ1n) is 10.6. The molecule has 2 aliphatic heterocycles. The lowest BCUT2D eigenvalue weighted by Gasteiger charge is -2.33. The number of nitrogens with zero attached hydrogens (tertiary/aromatic N) is 4. The lowest BCUT2D eigenvalue weighted by Crippen LogP contribution is -2.47. The molecule has 2 fully saturated rings. The third-order valence-corrected chi connectivity index (χ3v) is 5.93. The Hall–Kier alpha value is -1.85. The van der Waals surface area contributed by atoms with E-state index in [0.717, 1.165) is 75.7 Å². The lowest BCUT2D eigenvalue weighted by molar-refractivity contribution is 0.0499. The highest BCUT2D eigenvalue weighted by atomic mass is 16.5. The van der Waals surface area contributed by atoms with E-state index >= 15 is 0 Å². The summed E-state index contributed by atoms with van der Waals surface area (Å²) in [6, 6.07) is 8.27. The van der Waals surface area contributed by atoms with Gasteiger partial charge in [-0.15, -0.1) is 0 Å². The van der Waals surface area contributed by atoms with Gasteiger partial charge in [0.2, 0.25) is 0 Å². The van der Waals surface area contributed by atoms with Crippen LogP contribution in [0.2, 0.25) is 0 Å². The first-order valence-corrected chi connectivity index (χ1v) is 10.6. The van der Waals surface area contributed by atoms with Gasteiger partial charge in [-0.25, -0.2) is 0 Å². The topological polar surface area (TPSA) is 72.2 Å². The number of likely N-dealkylation sites (tertiary alicyclic amines) is 1. The maximum absolute atomic E-state index is 10.5. The highest BCUT2D eigenvalue weighted by molar-refractivity contribution is 5.40. The summed E-state index contributed by atoms with van der Waals surface area (Å²) >= 11 is 0. The van der Waals surface area contributed by atoms with Gasteiger partial charge in [0.15, 0.2) is 0 Å². The van der Waals surface area contributed by atoms with E-state index in [1.54, 1.807) is 7.11 Å². The molecule has 1 atom stereocenters. The second kappa shape index (κ2) is 10.8. The predicted molar refractivity (Wildman–Crippen MR) is 112 cm³/mol. The summed E-state index contributed by atoms with van der Waals surface area (Å²) in [5.41, 5.74) is 1.09. The largest absolute Gasteiger partial charge is 0.497 e. The van der Waals surface area contributed by atoms with Crippen LogP contribution in [0.15, 0.2) is 18.2 Å². The highest BCUT2D eigenvalue weighted by Gasteiger charge is 2.21. The summed E-state index contributed by atoms with van der Waals surface area (Å²) in [6.07, 6.45) is 1.32. The number of ether oxygens (including phenoxy) is 2. The minimum atomic E-state index is -0.524. The number of methoxy groups -OCH3 is 1. The normalized spacial score (nSPS) is 20.9. The van der Waals surface area contributed by atoms with Crippen LogP contribution < -0.4 is 9.47 Å². The van der Waals surface area contributed by atoms with Crippen LogP contribution in [0.5, 0.6) is 11.5 Å². The van der Waals surface area contributed by atoms with Crippen LogP contribution in [0.4, 0.5) is 0 Å². The van der Waals surface area contributed by atoms with Crippen molar-refractivity contribution >= 4 is 0 Å². The molecule has 2 heterocycles. The summed E-state index contributed by atoms with van der Waals surface area (Å²) in [5.74, 6) is 1.70. The van der Waals surface area contributed by atoms with E-state index in [9.17, 15) is 5.11 Å². The Balaban J connectivity index is 1.55. The van der Waals surface area contributed by atoms with Gasteiger partial charge in [0, 0.05) is 56.8 Å². The zero-order valence-corrected chi connectivity index (χ0v) is 17.7. The number of aliphatic hydroxyl groups excluding tert-OH is 1. The van der Waals surface area contributed by atoms with Crippen molar-refractivity contribution in [3.63, 3.8) is 0 Å². The molecule has 0 radical (unpaired) electrons. The summed E-state index contributed by atoms with van der Waals surface area (Å²) in [4.78, 5) is 6.96. The average molecular weight is 403 g/mol. The van der Waals surface area contributed by atoms with E-state index < -0.39 is 6.10 Å². The van der Waals surface area contributed by atoms with Crippen LogP contribution in [0.25, 0.3) is 0 Å². The number of nitriles is 1. The van der Waals surface area contributed by atoms with E-state index in [2.05, 4.69) is 27.8 Å². The van der Waals surface area contributed by atoms with Crippen LogP contribution in [0, 0.1) is 17.2 Å². The van der Waals surface area contributed by atoms with Crippen molar-refractivity contribution in [2.24, 2.45) is 5.92 Å². The van der Waals surface area contributed by atoms with E-state index in [4.69, 9.17) is 14.7 Å². The summed E-state index contributed by atoms with van der Waals surface area (Å²) < 4.78 is 11.4. The molecule has 0 aromatic heterocycles. The minimum absolute atomic E-state index is 0.183. The number of piperazine rings is 1. The average Bonchev–Trinajstić information content (AvgIpc) is 2.75. The molecule has 2 aliphatic rings. The summed E-state index contributed by atoms with van der Waals surface area (Å²) in [5, 5.41) is 19.6. The van der Waals surface area contributed by atoms with Crippen LogP contribution in [-0.2, 0) is 6.54 Å². The molecule has 0 bridgehead atoms. The molecule has 7 nitrogen and oxygen atoms in total. The Morgan fingerprint density at radius 2 is 1.86 bits per heavy atom. The van der Waals surface area contributed by atoms with Gasteiger partial charge in [-0.2, -0.15) is 5.26 Å². The Bertz CT molecular complexity index is 677. The Labute approximate surface area is 174 Å².